The number of fused-ring (bicyclic) bond motifs is 2. The van der Waals surface area contributed by atoms with Gasteiger partial charge in [-0.3, -0.25) is 0 Å². The molecule has 6 rings (SSSR count). The summed E-state index contributed by atoms with van der Waals surface area (Å²) in [6.45, 7) is 1.06. The second-order valence-electron chi connectivity index (χ2n) is 8.89. The second kappa shape index (κ2) is 7.95. The lowest BCUT2D eigenvalue weighted by molar-refractivity contribution is -0.195. The highest BCUT2D eigenvalue weighted by Crippen LogP contribution is 2.49. The molecule has 1 saturated heterocycles. The predicted octanol–water partition coefficient (Wildman–Crippen LogP) is 3.55. The van der Waals surface area contributed by atoms with Crippen molar-refractivity contribution in [2.45, 2.75) is 62.7 Å². The van der Waals surface area contributed by atoms with Gasteiger partial charge in [0.05, 0.1) is 25.6 Å². The monoisotopic (exact) mass is 433 g/mol. The second-order valence-corrected chi connectivity index (χ2v) is 8.89. The van der Waals surface area contributed by atoms with Crippen molar-refractivity contribution < 1.29 is 14.2 Å². The number of ether oxygens (including phenoxy) is 3. The predicted molar refractivity (Wildman–Crippen MR) is 119 cm³/mol. The summed E-state index contributed by atoms with van der Waals surface area (Å²) in [6.07, 6.45) is 10.5. The van der Waals surface area contributed by atoms with Gasteiger partial charge in [-0.25, -0.2) is 15.0 Å². The Morgan fingerprint density at radius 2 is 1.88 bits per heavy atom. The Balaban J connectivity index is 1.30. The van der Waals surface area contributed by atoms with Crippen LogP contribution in [-0.4, -0.2) is 44.1 Å². The Labute approximate surface area is 186 Å². The summed E-state index contributed by atoms with van der Waals surface area (Å²) in [4.78, 5) is 13.0. The van der Waals surface area contributed by atoms with E-state index in [2.05, 4.69) is 33.2 Å². The summed E-state index contributed by atoms with van der Waals surface area (Å²) in [5.74, 6) is -0.110. The fourth-order valence-electron chi connectivity index (χ4n) is 5.22. The van der Waals surface area contributed by atoms with Gasteiger partial charge in [0.1, 0.15) is 24.1 Å². The van der Waals surface area contributed by atoms with Crippen LogP contribution in [0.5, 0.6) is 0 Å². The largest absolute Gasteiger partial charge is 0.382 e. The maximum absolute atomic E-state index is 6.67. The highest BCUT2D eigenvalue weighted by Gasteiger charge is 2.54. The van der Waals surface area contributed by atoms with Gasteiger partial charge in [-0.1, -0.05) is 42.8 Å². The van der Waals surface area contributed by atoms with Crippen LogP contribution in [0.4, 0.5) is 5.82 Å². The molecule has 0 radical (unpaired) electrons. The summed E-state index contributed by atoms with van der Waals surface area (Å²) in [6, 6.07) is 10.1. The summed E-state index contributed by atoms with van der Waals surface area (Å²) in [5.41, 5.74) is 9.60. The SMILES string of the molecule is Nc1ncnc2c1ncn2[C@H]1C=C(COCc2ccccc2)[C@@H]2OC3(CCCCC3)O[C@@H]21. The average Bonchev–Trinajstić information content (AvgIpc) is 3.48. The third-order valence-electron chi connectivity index (χ3n) is 6.78. The summed E-state index contributed by atoms with van der Waals surface area (Å²) >= 11 is 0. The van der Waals surface area contributed by atoms with Crippen molar-refractivity contribution in [3.8, 4) is 0 Å². The normalized spacial score (nSPS) is 26.5. The molecule has 166 valence electrons. The van der Waals surface area contributed by atoms with Gasteiger partial charge in [0.15, 0.2) is 17.3 Å². The maximum atomic E-state index is 6.67. The Bertz CT molecular complexity index is 1140. The molecule has 8 nitrogen and oxygen atoms in total. The Morgan fingerprint density at radius 3 is 2.72 bits per heavy atom. The van der Waals surface area contributed by atoms with E-state index in [-0.39, 0.29) is 18.2 Å². The summed E-state index contributed by atoms with van der Waals surface area (Å²) in [7, 11) is 0. The zero-order valence-electron chi connectivity index (χ0n) is 17.9. The molecule has 0 unspecified atom stereocenters. The number of hydrogen-bond acceptors (Lipinski definition) is 7. The third kappa shape index (κ3) is 3.39. The highest BCUT2D eigenvalue weighted by molar-refractivity contribution is 5.81. The maximum Gasteiger partial charge on any atom is 0.169 e. The molecule has 1 saturated carbocycles. The van der Waals surface area contributed by atoms with Crippen LogP contribution in [0.2, 0.25) is 0 Å². The minimum atomic E-state index is -0.491. The molecule has 2 aliphatic carbocycles. The van der Waals surface area contributed by atoms with Crippen LogP contribution in [0.15, 0.2) is 54.6 Å². The molecule has 0 amide bonds. The van der Waals surface area contributed by atoms with Crippen molar-refractivity contribution in [2.24, 2.45) is 0 Å². The molecule has 3 aliphatic rings. The molecule has 1 aliphatic heterocycles. The molecule has 8 heteroatoms. The topological polar surface area (TPSA) is 97.3 Å². The molecule has 1 spiro atoms. The zero-order valence-corrected chi connectivity index (χ0v) is 17.9. The molecular formula is C24H27N5O3. The number of nitrogen functional groups attached to an aromatic ring is 1. The van der Waals surface area contributed by atoms with Gasteiger partial charge in [0.2, 0.25) is 0 Å². The first-order chi connectivity index (χ1) is 15.7. The Hall–Kier alpha value is -2.81. The number of rotatable bonds is 5. The molecule has 3 atom stereocenters. The molecule has 1 aromatic carbocycles. The highest BCUT2D eigenvalue weighted by atomic mass is 16.8. The lowest BCUT2D eigenvalue weighted by Gasteiger charge is -2.33. The van der Waals surface area contributed by atoms with Gasteiger partial charge < -0.3 is 24.5 Å². The molecule has 0 bridgehead atoms. The number of anilines is 1. The first kappa shape index (κ1) is 19.8. The Morgan fingerprint density at radius 1 is 1.03 bits per heavy atom. The van der Waals surface area contributed by atoms with Crippen molar-refractivity contribution in [3.63, 3.8) is 0 Å². The molecule has 2 fully saturated rings. The number of nitrogens with two attached hydrogens (primary N) is 1. The van der Waals surface area contributed by atoms with Crippen LogP contribution in [0, 0.1) is 0 Å². The Kier molecular flexibility index (Phi) is 4.93. The number of aromatic nitrogens is 4. The minimum Gasteiger partial charge on any atom is -0.382 e. The number of imidazole rings is 1. The quantitative estimate of drug-likeness (QED) is 0.615. The van der Waals surface area contributed by atoms with E-state index in [1.165, 1.54) is 12.7 Å². The molecule has 3 heterocycles. The standard InChI is InChI=1S/C24H27N5O3/c25-22-19-23(27-14-26-22)29(15-28-19)18-11-17(13-30-12-16-7-3-1-4-8-16)20-21(18)32-24(31-20)9-5-2-6-10-24/h1,3-4,7-8,11,14-15,18,20-21H,2,5-6,9-10,12-13H2,(H2,25,26,27)/t18-,20-,21+/m0/s1. The van der Waals surface area contributed by atoms with Crippen molar-refractivity contribution in [1.29, 1.82) is 0 Å². The number of nitrogens with zero attached hydrogens (tertiary/aromatic N) is 4. The van der Waals surface area contributed by atoms with Gasteiger partial charge in [0, 0.05) is 12.8 Å². The van der Waals surface area contributed by atoms with E-state index in [9.17, 15) is 0 Å². The van der Waals surface area contributed by atoms with E-state index in [0.29, 0.717) is 30.2 Å². The van der Waals surface area contributed by atoms with Crippen LogP contribution in [-0.2, 0) is 20.8 Å². The van der Waals surface area contributed by atoms with E-state index < -0.39 is 5.79 Å². The van der Waals surface area contributed by atoms with Crippen molar-refractivity contribution >= 4 is 17.0 Å². The lowest BCUT2D eigenvalue weighted by atomic mass is 9.94. The zero-order chi connectivity index (χ0) is 21.5. The summed E-state index contributed by atoms with van der Waals surface area (Å²) in [5, 5.41) is 0. The molecular weight excluding hydrogens is 406 g/mol. The van der Waals surface area contributed by atoms with Crippen LogP contribution in [0.3, 0.4) is 0 Å². The van der Waals surface area contributed by atoms with E-state index in [1.54, 1.807) is 6.33 Å². The first-order valence-electron chi connectivity index (χ1n) is 11.3. The smallest absolute Gasteiger partial charge is 0.169 e. The van der Waals surface area contributed by atoms with Gasteiger partial charge in [0.25, 0.3) is 0 Å². The van der Waals surface area contributed by atoms with Crippen LogP contribution >= 0.6 is 0 Å². The van der Waals surface area contributed by atoms with Gasteiger partial charge in [-0.15, -0.1) is 0 Å². The van der Waals surface area contributed by atoms with Gasteiger partial charge in [-0.05, 0) is 24.0 Å². The number of benzene rings is 1. The van der Waals surface area contributed by atoms with Gasteiger partial charge >= 0.3 is 0 Å². The molecule has 2 N–H and O–H groups in total. The third-order valence-corrected chi connectivity index (χ3v) is 6.78. The summed E-state index contributed by atoms with van der Waals surface area (Å²) < 4.78 is 21.4. The van der Waals surface area contributed by atoms with Crippen molar-refractivity contribution in [1.82, 2.24) is 19.5 Å². The van der Waals surface area contributed by atoms with Crippen LogP contribution < -0.4 is 5.73 Å². The van der Waals surface area contributed by atoms with Crippen LogP contribution in [0.1, 0.15) is 43.7 Å². The lowest BCUT2D eigenvalue weighted by Crippen LogP contribution is -2.35. The van der Waals surface area contributed by atoms with E-state index in [0.717, 1.165) is 36.8 Å². The van der Waals surface area contributed by atoms with E-state index in [4.69, 9.17) is 19.9 Å². The fourth-order valence-corrected chi connectivity index (χ4v) is 5.22. The van der Waals surface area contributed by atoms with Crippen molar-refractivity contribution in [3.05, 3.63) is 60.2 Å². The van der Waals surface area contributed by atoms with Gasteiger partial charge in [-0.2, -0.15) is 0 Å². The molecule has 2 aromatic heterocycles. The fraction of sp³-hybridized carbons (Fsp3) is 0.458. The van der Waals surface area contributed by atoms with Crippen LogP contribution in [0.25, 0.3) is 11.2 Å². The molecule has 32 heavy (non-hydrogen) atoms. The van der Waals surface area contributed by atoms with E-state index in [1.807, 2.05) is 22.8 Å². The average molecular weight is 434 g/mol. The number of hydrogen-bond donors (Lipinski definition) is 1. The first-order valence-corrected chi connectivity index (χ1v) is 11.3. The minimum absolute atomic E-state index is 0.0871. The van der Waals surface area contributed by atoms with E-state index >= 15 is 0 Å². The molecule has 3 aromatic rings. The van der Waals surface area contributed by atoms with Crippen molar-refractivity contribution in [2.75, 3.05) is 12.3 Å².